The number of rotatable bonds is 5. The van der Waals surface area contributed by atoms with E-state index in [1.807, 2.05) is 47.3 Å². The highest BCUT2D eigenvalue weighted by Gasteiger charge is 2.24. The van der Waals surface area contributed by atoms with Gasteiger partial charge in [-0.05, 0) is 29.3 Å². The van der Waals surface area contributed by atoms with Crippen LogP contribution in [-0.4, -0.2) is 63.5 Å². The second kappa shape index (κ2) is 9.58. The Hall–Kier alpha value is -1.83. The summed E-state index contributed by atoms with van der Waals surface area (Å²) < 4.78 is 1.15. The summed E-state index contributed by atoms with van der Waals surface area (Å²) in [6, 6.07) is 12.1. The van der Waals surface area contributed by atoms with Crippen molar-refractivity contribution in [3.05, 3.63) is 65.5 Å². The zero-order valence-electron chi connectivity index (χ0n) is 15.8. The first-order valence-electron chi connectivity index (χ1n) is 9.58. The monoisotopic (exact) mass is 412 g/mol. The molecule has 0 aliphatic carbocycles. The van der Waals surface area contributed by atoms with Crippen molar-refractivity contribution in [2.45, 2.75) is 12.3 Å². The fourth-order valence-electron chi connectivity index (χ4n) is 3.42. The Kier molecular flexibility index (Phi) is 6.67. The Balaban J connectivity index is 1.35. The molecule has 2 aliphatic rings. The second-order valence-electron chi connectivity index (χ2n) is 6.87. The Labute approximate surface area is 174 Å². The summed E-state index contributed by atoms with van der Waals surface area (Å²) in [5.41, 5.74) is 3.21. The van der Waals surface area contributed by atoms with Crippen molar-refractivity contribution in [3.63, 3.8) is 0 Å². The molecule has 146 valence electrons. The number of thioether (sulfide) groups is 2. The minimum absolute atomic E-state index is 0.153. The maximum atomic E-state index is 13.1. The van der Waals surface area contributed by atoms with Gasteiger partial charge < -0.3 is 4.90 Å². The maximum absolute atomic E-state index is 13.1. The van der Waals surface area contributed by atoms with Crippen molar-refractivity contribution in [2.24, 2.45) is 4.99 Å². The Bertz CT molecular complexity index is 835. The van der Waals surface area contributed by atoms with Gasteiger partial charge in [0.1, 0.15) is 4.38 Å². The minimum atomic E-state index is 0.153. The van der Waals surface area contributed by atoms with Crippen LogP contribution in [0.2, 0.25) is 0 Å². The van der Waals surface area contributed by atoms with Crippen LogP contribution in [0.4, 0.5) is 0 Å². The van der Waals surface area contributed by atoms with E-state index in [0.29, 0.717) is 0 Å². The van der Waals surface area contributed by atoms with Crippen LogP contribution in [0.1, 0.15) is 21.5 Å². The molecule has 1 amide bonds. The van der Waals surface area contributed by atoms with Gasteiger partial charge in [-0.25, -0.2) is 0 Å². The third kappa shape index (κ3) is 4.96. The number of pyridine rings is 1. The number of benzene rings is 1. The van der Waals surface area contributed by atoms with Gasteiger partial charge in [0, 0.05) is 62.2 Å². The van der Waals surface area contributed by atoms with E-state index in [1.54, 1.807) is 11.8 Å². The highest BCUT2D eigenvalue weighted by Crippen LogP contribution is 2.27. The Morgan fingerprint density at radius 1 is 1.07 bits per heavy atom. The number of carbonyl (C=O) groups is 1. The maximum Gasteiger partial charge on any atom is 0.254 e. The van der Waals surface area contributed by atoms with Gasteiger partial charge in [0.2, 0.25) is 0 Å². The van der Waals surface area contributed by atoms with Crippen molar-refractivity contribution in [3.8, 4) is 0 Å². The fraction of sp³-hybridized carbons (Fsp3) is 0.381. The quantitative estimate of drug-likeness (QED) is 0.754. The first kappa shape index (κ1) is 19.5. The van der Waals surface area contributed by atoms with Crippen molar-refractivity contribution < 1.29 is 4.79 Å². The third-order valence-corrected chi connectivity index (χ3v) is 7.27. The van der Waals surface area contributed by atoms with E-state index < -0.39 is 0 Å². The summed E-state index contributed by atoms with van der Waals surface area (Å²) in [5.74, 6) is 2.03. The molecule has 2 aliphatic heterocycles. The van der Waals surface area contributed by atoms with Crippen molar-refractivity contribution in [1.29, 1.82) is 0 Å². The van der Waals surface area contributed by atoms with Gasteiger partial charge in [-0.2, -0.15) is 0 Å². The number of hydrogen-bond acceptors (Lipinski definition) is 6. The predicted octanol–water partition coefficient (Wildman–Crippen LogP) is 3.38. The lowest BCUT2D eigenvalue weighted by Crippen LogP contribution is -2.48. The molecule has 2 aromatic rings. The van der Waals surface area contributed by atoms with E-state index >= 15 is 0 Å². The SMILES string of the molecule is O=C(c1ccccc1CSC1=NCCS1)N1CCN(Cc2ccncc2)CC1. The molecule has 7 heteroatoms. The zero-order valence-corrected chi connectivity index (χ0v) is 17.4. The number of hydrogen-bond donors (Lipinski definition) is 0. The fourth-order valence-corrected chi connectivity index (χ4v) is 5.44. The van der Waals surface area contributed by atoms with Gasteiger partial charge in [-0.15, -0.1) is 0 Å². The van der Waals surface area contributed by atoms with Crippen molar-refractivity contribution in [1.82, 2.24) is 14.8 Å². The summed E-state index contributed by atoms with van der Waals surface area (Å²) in [5, 5.41) is 0. The predicted molar refractivity (Wildman–Crippen MR) is 118 cm³/mol. The zero-order chi connectivity index (χ0) is 19.2. The Morgan fingerprint density at radius 3 is 2.61 bits per heavy atom. The first-order valence-corrected chi connectivity index (χ1v) is 11.6. The molecule has 0 spiro atoms. The van der Waals surface area contributed by atoms with Gasteiger partial charge >= 0.3 is 0 Å². The normalized spacial score (nSPS) is 17.6. The van der Waals surface area contributed by atoms with Gasteiger partial charge in [0.15, 0.2) is 0 Å². The number of aromatic nitrogens is 1. The molecule has 1 aromatic carbocycles. The largest absolute Gasteiger partial charge is 0.336 e. The van der Waals surface area contributed by atoms with Crippen LogP contribution in [0, 0.1) is 0 Å². The van der Waals surface area contributed by atoms with Crippen LogP contribution in [0.25, 0.3) is 0 Å². The van der Waals surface area contributed by atoms with Crippen molar-refractivity contribution in [2.75, 3.05) is 38.5 Å². The highest BCUT2D eigenvalue weighted by atomic mass is 32.2. The molecule has 1 saturated heterocycles. The van der Waals surface area contributed by atoms with E-state index in [4.69, 9.17) is 0 Å². The molecule has 3 heterocycles. The van der Waals surface area contributed by atoms with E-state index in [0.717, 1.165) is 66.3 Å². The summed E-state index contributed by atoms with van der Waals surface area (Å²) in [6.07, 6.45) is 3.67. The summed E-state index contributed by atoms with van der Waals surface area (Å²) in [6.45, 7) is 5.17. The van der Waals surface area contributed by atoms with Crippen LogP contribution in [0.3, 0.4) is 0 Å². The van der Waals surface area contributed by atoms with Crippen LogP contribution in [0.5, 0.6) is 0 Å². The lowest BCUT2D eigenvalue weighted by Gasteiger charge is -2.35. The molecule has 1 fully saturated rings. The highest BCUT2D eigenvalue weighted by molar-refractivity contribution is 8.38. The number of carbonyl (C=O) groups excluding carboxylic acids is 1. The van der Waals surface area contributed by atoms with Gasteiger partial charge in [-0.3, -0.25) is 19.7 Å². The molecule has 1 aromatic heterocycles. The van der Waals surface area contributed by atoms with Crippen LogP contribution in [0.15, 0.2) is 53.8 Å². The Morgan fingerprint density at radius 2 is 1.86 bits per heavy atom. The van der Waals surface area contributed by atoms with Gasteiger partial charge in [0.05, 0.1) is 6.54 Å². The van der Waals surface area contributed by atoms with E-state index in [-0.39, 0.29) is 5.91 Å². The lowest BCUT2D eigenvalue weighted by molar-refractivity contribution is 0.0627. The number of nitrogens with zero attached hydrogens (tertiary/aromatic N) is 4. The van der Waals surface area contributed by atoms with Crippen LogP contribution < -0.4 is 0 Å². The molecule has 0 bridgehead atoms. The molecule has 0 saturated carbocycles. The summed E-state index contributed by atoms with van der Waals surface area (Å²) in [4.78, 5) is 26.1. The standard InChI is InChI=1S/C21H24N4OS2/c26-20(19-4-2-1-3-18(19)16-28-21-23-9-14-27-21)25-12-10-24(11-13-25)15-17-5-7-22-8-6-17/h1-8H,9-16H2. The van der Waals surface area contributed by atoms with Crippen LogP contribution >= 0.6 is 23.5 Å². The molecule has 28 heavy (non-hydrogen) atoms. The van der Waals surface area contributed by atoms with Crippen LogP contribution in [-0.2, 0) is 12.3 Å². The molecule has 0 atom stereocenters. The van der Waals surface area contributed by atoms with Crippen molar-refractivity contribution >= 4 is 33.8 Å². The smallest absolute Gasteiger partial charge is 0.254 e. The molecule has 0 N–H and O–H groups in total. The molecule has 0 unspecified atom stereocenters. The topological polar surface area (TPSA) is 48.8 Å². The van der Waals surface area contributed by atoms with E-state index in [1.165, 1.54) is 5.56 Å². The van der Waals surface area contributed by atoms with Gasteiger partial charge in [-0.1, -0.05) is 41.7 Å². The minimum Gasteiger partial charge on any atom is -0.336 e. The average molecular weight is 413 g/mol. The van der Waals surface area contributed by atoms with Gasteiger partial charge in [0.25, 0.3) is 5.91 Å². The molecule has 0 radical (unpaired) electrons. The molecular formula is C21H24N4OS2. The lowest BCUT2D eigenvalue weighted by atomic mass is 10.1. The average Bonchev–Trinajstić information content (AvgIpc) is 3.27. The third-order valence-electron chi connectivity index (χ3n) is 4.97. The first-order chi connectivity index (χ1) is 13.8. The van der Waals surface area contributed by atoms with E-state index in [2.05, 4.69) is 33.1 Å². The molecular weight excluding hydrogens is 388 g/mol. The summed E-state index contributed by atoms with van der Waals surface area (Å²) in [7, 11) is 0. The van der Waals surface area contributed by atoms with E-state index in [9.17, 15) is 4.79 Å². The number of piperazine rings is 1. The molecule has 4 rings (SSSR count). The second-order valence-corrected chi connectivity index (χ2v) is 9.17. The summed E-state index contributed by atoms with van der Waals surface area (Å²) >= 11 is 3.56. The number of amides is 1. The molecule has 5 nitrogen and oxygen atoms in total. The number of aliphatic imine (C=N–C) groups is 1.